The van der Waals surface area contributed by atoms with Gasteiger partial charge in [-0.15, -0.1) is 0 Å². The Morgan fingerprint density at radius 1 is 0.875 bits per heavy atom. The van der Waals surface area contributed by atoms with E-state index < -0.39 is 24.3 Å². The molecule has 0 aromatic heterocycles. The summed E-state index contributed by atoms with van der Waals surface area (Å²) in [4.78, 5) is 27.9. The maximum absolute atomic E-state index is 13.1. The molecule has 252 valence electrons. The number of aliphatic hydroxyl groups excluding tert-OH is 1. The molecule has 0 radical (unpaired) electrons. The summed E-state index contributed by atoms with van der Waals surface area (Å²) < 4.78 is 18.3. The third-order valence-corrected chi connectivity index (χ3v) is 9.02. The van der Waals surface area contributed by atoms with Crippen LogP contribution in [0, 0.1) is 5.92 Å². The average Bonchev–Trinajstić information content (AvgIpc) is 3.12. The minimum Gasteiger partial charge on any atom is -0.467 e. The van der Waals surface area contributed by atoms with Crippen LogP contribution in [0.3, 0.4) is 0 Å². The number of ether oxygens (including phenoxy) is 3. The van der Waals surface area contributed by atoms with Gasteiger partial charge in [0, 0.05) is 36.2 Å². The first-order chi connectivity index (χ1) is 23.2. The zero-order valence-corrected chi connectivity index (χ0v) is 27.9. The maximum Gasteiger partial charge on any atom is 0.328 e. The summed E-state index contributed by atoms with van der Waals surface area (Å²) in [6, 6.07) is 33.8. The van der Waals surface area contributed by atoms with Gasteiger partial charge in [0.25, 0.3) is 0 Å². The molecular formula is C39H45N3O6. The Morgan fingerprint density at radius 3 is 2.23 bits per heavy atom. The Hall–Kier alpha value is -4.54. The first-order valence-corrected chi connectivity index (χ1v) is 16.3. The quantitative estimate of drug-likeness (QED) is 0.149. The molecule has 0 spiro atoms. The zero-order valence-electron chi connectivity index (χ0n) is 27.9. The van der Waals surface area contributed by atoms with Crippen LogP contribution >= 0.6 is 0 Å². The lowest BCUT2D eigenvalue weighted by Crippen LogP contribution is -2.45. The van der Waals surface area contributed by atoms with E-state index >= 15 is 0 Å². The molecule has 0 aliphatic carbocycles. The molecular weight excluding hydrogens is 606 g/mol. The highest BCUT2D eigenvalue weighted by Gasteiger charge is 2.39. The molecule has 6 atom stereocenters. The van der Waals surface area contributed by atoms with Crippen molar-refractivity contribution in [2.75, 3.05) is 26.0 Å². The van der Waals surface area contributed by atoms with Crippen LogP contribution in [0.1, 0.15) is 60.1 Å². The van der Waals surface area contributed by atoms with Crippen LogP contribution in [-0.2, 0) is 32.0 Å². The molecule has 0 saturated carbocycles. The first kappa shape index (κ1) is 34.8. The molecule has 0 bridgehead atoms. The van der Waals surface area contributed by atoms with Gasteiger partial charge in [-0.2, -0.15) is 0 Å². The second-order valence-electron chi connectivity index (χ2n) is 12.3. The number of anilines is 1. The fourth-order valence-electron chi connectivity index (χ4n) is 6.03. The summed E-state index contributed by atoms with van der Waals surface area (Å²) in [6.45, 7) is 4.96. The van der Waals surface area contributed by atoms with Crippen molar-refractivity contribution < 1.29 is 28.9 Å². The van der Waals surface area contributed by atoms with Gasteiger partial charge < -0.3 is 30.0 Å². The third-order valence-electron chi connectivity index (χ3n) is 9.02. The molecule has 4 aromatic carbocycles. The standard InChI is InChI=1S/C39H45N3O6/c1-26-35(24-42(3)27(2)30-14-9-6-10-15-30)47-38(48-36(26)31-20-18-29(25-43)19-21-31)32-16-11-17-33(23-32)40-39(45)41-34(37(44)46-4)22-28-12-7-5-8-13-28/h5-21,23,26-27,34-36,38,43H,22,24-25H2,1-4H3,(H2,40,41,45)/t26-,27+,34+,35+,36+,38+/m1/s1. The molecule has 0 unspecified atom stereocenters. The van der Waals surface area contributed by atoms with Gasteiger partial charge in [0.05, 0.1) is 25.9 Å². The number of carbonyl (C=O) groups is 2. The lowest BCUT2D eigenvalue weighted by molar-refractivity contribution is -0.276. The Balaban J connectivity index is 1.34. The number of amides is 2. The van der Waals surface area contributed by atoms with Crippen molar-refractivity contribution >= 4 is 17.7 Å². The lowest BCUT2D eigenvalue weighted by atomic mass is 9.89. The van der Waals surface area contributed by atoms with E-state index in [0.717, 1.165) is 22.3 Å². The Kier molecular flexibility index (Phi) is 12.0. The summed E-state index contributed by atoms with van der Waals surface area (Å²) >= 11 is 0. The van der Waals surface area contributed by atoms with Gasteiger partial charge in [0.15, 0.2) is 6.29 Å². The first-order valence-electron chi connectivity index (χ1n) is 16.3. The number of carbonyl (C=O) groups excluding carboxylic acids is 2. The van der Waals surface area contributed by atoms with Gasteiger partial charge in [-0.25, -0.2) is 9.59 Å². The van der Waals surface area contributed by atoms with Gasteiger partial charge in [-0.3, -0.25) is 4.90 Å². The highest BCUT2D eigenvalue weighted by Crippen LogP contribution is 2.42. The van der Waals surface area contributed by atoms with Crippen LogP contribution < -0.4 is 10.6 Å². The van der Waals surface area contributed by atoms with Crippen molar-refractivity contribution in [3.8, 4) is 0 Å². The fraction of sp³-hybridized carbons (Fsp3) is 0.333. The van der Waals surface area contributed by atoms with Crippen molar-refractivity contribution in [1.82, 2.24) is 10.2 Å². The van der Waals surface area contributed by atoms with Gasteiger partial charge in [-0.1, -0.05) is 104 Å². The molecule has 9 heteroatoms. The highest BCUT2D eigenvalue weighted by atomic mass is 16.7. The normalized spacial score (nSPS) is 20.5. The van der Waals surface area contributed by atoms with Gasteiger partial charge in [0.1, 0.15) is 6.04 Å². The van der Waals surface area contributed by atoms with E-state index in [9.17, 15) is 14.7 Å². The molecule has 5 rings (SSSR count). The van der Waals surface area contributed by atoms with Crippen molar-refractivity contribution in [2.45, 2.75) is 57.5 Å². The largest absolute Gasteiger partial charge is 0.467 e. The van der Waals surface area contributed by atoms with Gasteiger partial charge in [-0.05, 0) is 48.4 Å². The number of urea groups is 1. The summed E-state index contributed by atoms with van der Waals surface area (Å²) in [7, 11) is 3.40. The number of benzene rings is 4. The zero-order chi connectivity index (χ0) is 34.0. The number of nitrogens with one attached hydrogen (secondary N) is 2. The molecule has 3 N–H and O–H groups in total. The average molecular weight is 652 g/mol. The predicted molar refractivity (Wildman–Crippen MR) is 185 cm³/mol. The summed E-state index contributed by atoms with van der Waals surface area (Å²) in [5.41, 5.74) is 5.22. The fourth-order valence-corrected chi connectivity index (χ4v) is 6.03. The Bertz CT molecular complexity index is 1620. The van der Waals surface area contributed by atoms with E-state index in [4.69, 9.17) is 14.2 Å². The molecule has 1 heterocycles. The van der Waals surface area contributed by atoms with Crippen LogP contribution in [0.5, 0.6) is 0 Å². The Morgan fingerprint density at radius 2 is 1.56 bits per heavy atom. The topological polar surface area (TPSA) is 109 Å². The number of hydrogen-bond acceptors (Lipinski definition) is 7. The molecule has 9 nitrogen and oxygen atoms in total. The van der Waals surface area contributed by atoms with Crippen molar-refractivity contribution in [2.24, 2.45) is 5.92 Å². The second kappa shape index (κ2) is 16.5. The number of esters is 1. The smallest absolute Gasteiger partial charge is 0.328 e. The molecule has 4 aromatic rings. The lowest BCUT2D eigenvalue weighted by Gasteiger charge is -2.43. The van der Waals surface area contributed by atoms with E-state index in [1.807, 2.05) is 78.9 Å². The van der Waals surface area contributed by atoms with Crippen molar-refractivity contribution in [3.05, 3.63) is 137 Å². The van der Waals surface area contributed by atoms with Crippen LogP contribution in [0.2, 0.25) is 0 Å². The van der Waals surface area contributed by atoms with Crippen LogP contribution in [-0.4, -0.2) is 54.9 Å². The maximum atomic E-state index is 13.1. The van der Waals surface area contributed by atoms with E-state index in [1.54, 1.807) is 6.07 Å². The van der Waals surface area contributed by atoms with Crippen LogP contribution in [0.15, 0.2) is 109 Å². The van der Waals surface area contributed by atoms with E-state index in [1.165, 1.54) is 12.7 Å². The molecule has 1 fully saturated rings. The molecule has 1 aliphatic rings. The predicted octanol–water partition coefficient (Wildman–Crippen LogP) is 6.57. The van der Waals surface area contributed by atoms with E-state index in [2.05, 4.69) is 60.7 Å². The summed E-state index contributed by atoms with van der Waals surface area (Å²) in [5.74, 6) is -0.518. The molecule has 48 heavy (non-hydrogen) atoms. The number of hydrogen-bond donors (Lipinski definition) is 3. The van der Waals surface area contributed by atoms with Gasteiger partial charge >= 0.3 is 12.0 Å². The number of rotatable bonds is 12. The van der Waals surface area contributed by atoms with Crippen LogP contribution in [0.25, 0.3) is 0 Å². The highest BCUT2D eigenvalue weighted by molar-refractivity contribution is 5.92. The minimum absolute atomic E-state index is 0.0126. The number of nitrogens with zero attached hydrogens (tertiary/aromatic N) is 1. The van der Waals surface area contributed by atoms with Crippen LogP contribution in [0.4, 0.5) is 10.5 Å². The van der Waals surface area contributed by atoms with Crippen molar-refractivity contribution in [1.29, 1.82) is 0 Å². The summed E-state index contributed by atoms with van der Waals surface area (Å²) in [5, 5.41) is 15.2. The van der Waals surface area contributed by atoms with Gasteiger partial charge in [0.2, 0.25) is 0 Å². The van der Waals surface area contributed by atoms with E-state index in [0.29, 0.717) is 18.7 Å². The number of methoxy groups -OCH3 is 1. The monoisotopic (exact) mass is 651 g/mol. The molecule has 2 amide bonds. The summed E-state index contributed by atoms with van der Waals surface area (Å²) in [6.07, 6.45) is -0.871. The second-order valence-corrected chi connectivity index (χ2v) is 12.3. The Labute approximate surface area is 282 Å². The third kappa shape index (κ3) is 8.87. The SMILES string of the molecule is COC(=O)[C@H](Cc1ccccc1)NC(=O)Nc1cccc([C@H]2O[C@@H](CN(C)[C@@H](C)c3ccccc3)[C@@H](C)[C@@H](c3ccc(CO)cc3)O2)c1. The molecule has 1 aliphatic heterocycles. The number of aliphatic hydroxyl groups is 1. The number of likely N-dealkylation sites (N-methyl/N-ethyl adjacent to an activating group) is 1. The molecule has 1 saturated heterocycles. The van der Waals surface area contributed by atoms with Crippen molar-refractivity contribution in [3.63, 3.8) is 0 Å². The van der Waals surface area contributed by atoms with E-state index in [-0.39, 0.29) is 30.8 Å². The minimum atomic E-state index is -0.860.